The molecule has 2 amide bonds. The molecule has 1 spiro atoms. The molecule has 3 saturated heterocycles. The van der Waals surface area contributed by atoms with Gasteiger partial charge in [-0.3, -0.25) is 14.4 Å². The Bertz CT molecular complexity index is 1290. The molecule has 0 saturated carbocycles. The van der Waals surface area contributed by atoms with Crippen LogP contribution in [-0.2, 0) is 25.5 Å². The number of likely N-dealkylation sites (tertiary alicyclic amines) is 1. The average molecular weight is 583 g/mol. The second-order valence-electron chi connectivity index (χ2n) is 10.8. The van der Waals surface area contributed by atoms with Gasteiger partial charge in [-0.05, 0) is 43.4 Å². The van der Waals surface area contributed by atoms with Gasteiger partial charge in [0, 0.05) is 11.8 Å². The molecule has 0 aliphatic carbocycles. The monoisotopic (exact) mass is 582 g/mol. The van der Waals surface area contributed by atoms with Crippen molar-refractivity contribution >= 4 is 46.8 Å². The van der Waals surface area contributed by atoms with E-state index in [4.69, 9.17) is 16.3 Å². The maximum Gasteiger partial charge on any atom is 0.310 e. The topological polar surface area (TPSA) is 87.2 Å². The Labute approximate surface area is 244 Å². The van der Waals surface area contributed by atoms with Crippen LogP contribution in [-0.4, -0.2) is 69.6 Å². The third-order valence-corrected chi connectivity index (χ3v) is 11.0. The van der Waals surface area contributed by atoms with Gasteiger partial charge in [0.1, 0.15) is 6.04 Å². The number of benzene rings is 2. The summed E-state index contributed by atoms with van der Waals surface area (Å²) in [6, 6.07) is 15.1. The summed E-state index contributed by atoms with van der Waals surface area (Å²) < 4.78 is 4.61. The van der Waals surface area contributed by atoms with E-state index in [1.165, 1.54) is 0 Å². The van der Waals surface area contributed by atoms with Crippen LogP contribution < -0.4 is 4.90 Å². The molecule has 40 heavy (non-hydrogen) atoms. The van der Waals surface area contributed by atoms with Crippen molar-refractivity contribution in [2.24, 2.45) is 17.8 Å². The fourth-order valence-corrected chi connectivity index (χ4v) is 9.66. The van der Waals surface area contributed by atoms with Crippen molar-refractivity contribution < 1.29 is 24.2 Å². The second kappa shape index (κ2) is 11.6. The predicted molar refractivity (Wildman–Crippen MR) is 157 cm³/mol. The smallest absolute Gasteiger partial charge is 0.310 e. The summed E-state index contributed by atoms with van der Waals surface area (Å²) in [4.78, 5) is 45.7. The first-order valence-corrected chi connectivity index (χ1v) is 15.0. The Hall–Kier alpha value is -2.81. The lowest BCUT2D eigenvalue weighted by molar-refractivity contribution is -0.154. The lowest BCUT2D eigenvalue weighted by Gasteiger charge is -2.42. The quantitative estimate of drug-likeness (QED) is 0.331. The number of carbonyl (C=O) groups excluding carboxylic acids is 3. The molecule has 2 aromatic carbocycles. The first kappa shape index (κ1) is 28.7. The molecule has 3 heterocycles. The average Bonchev–Trinajstić information content (AvgIpc) is 3.55. The molecule has 1 N–H and O–H groups in total. The Balaban J connectivity index is 1.65. The van der Waals surface area contributed by atoms with Gasteiger partial charge in [0.2, 0.25) is 5.91 Å². The fraction of sp³-hybridized carbons (Fsp3) is 0.452. The first-order chi connectivity index (χ1) is 19.3. The number of aliphatic hydroxyl groups is 1. The van der Waals surface area contributed by atoms with E-state index in [1.807, 2.05) is 36.4 Å². The van der Waals surface area contributed by atoms with Gasteiger partial charge >= 0.3 is 5.97 Å². The highest BCUT2D eigenvalue weighted by Gasteiger charge is 2.77. The van der Waals surface area contributed by atoms with Gasteiger partial charge in [-0.15, -0.1) is 18.3 Å². The first-order valence-electron chi connectivity index (χ1n) is 13.8. The molecule has 212 valence electrons. The van der Waals surface area contributed by atoms with Crippen molar-refractivity contribution in [3.63, 3.8) is 0 Å². The molecule has 3 aliphatic rings. The van der Waals surface area contributed by atoms with Crippen molar-refractivity contribution in [2.75, 3.05) is 24.7 Å². The number of halogens is 1. The van der Waals surface area contributed by atoms with E-state index in [2.05, 4.69) is 13.5 Å². The van der Waals surface area contributed by atoms with E-state index < -0.39 is 34.6 Å². The highest BCUT2D eigenvalue weighted by atomic mass is 35.5. The molecule has 2 aromatic rings. The maximum atomic E-state index is 14.8. The molecule has 9 heteroatoms. The fourth-order valence-electron chi connectivity index (χ4n) is 7.03. The maximum absolute atomic E-state index is 14.8. The highest BCUT2D eigenvalue weighted by Crippen LogP contribution is 2.69. The number of aliphatic hydroxyl groups excluding tert-OH is 1. The zero-order valence-corrected chi connectivity index (χ0v) is 24.3. The van der Waals surface area contributed by atoms with Gasteiger partial charge in [-0.25, -0.2) is 0 Å². The molecule has 0 aromatic heterocycles. The van der Waals surface area contributed by atoms with Crippen LogP contribution in [0.2, 0.25) is 5.02 Å². The third kappa shape index (κ3) is 4.54. The highest BCUT2D eigenvalue weighted by molar-refractivity contribution is 8.02. The van der Waals surface area contributed by atoms with Crippen molar-refractivity contribution in [3.05, 3.63) is 77.8 Å². The number of carbonyl (C=O) groups is 3. The number of fused-ring (bicyclic) bond motifs is 1. The van der Waals surface area contributed by atoms with E-state index in [0.717, 1.165) is 5.56 Å². The van der Waals surface area contributed by atoms with Gasteiger partial charge in [0.05, 0.1) is 46.5 Å². The number of nitrogens with zero attached hydrogens (tertiary/aromatic N) is 2. The molecule has 3 fully saturated rings. The van der Waals surface area contributed by atoms with Crippen LogP contribution in [0.4, 0.5) is 5.69 Å². The van der Waals surface area contributed by atoms with Crippen LogP contribution in [0.15, 0.2) is 67.3 Å². The number of thioether (sulfide) groups is 1. The summed E-state index contributed by atoms with van der Waals surface area (Å²) >= 11 is 8.15. The summed E-state index contributed by atoms with van der Waals surface area (Å²) in [7, 11) is 0. The van der Waals surface area contributed by atoms with E-state index in [-0.39, 0.29) is 42.7 Å². The van der Waals surface area contributed by atoms with E-state index in [1.54, 1.807) is 52.8 Å². The summed E-state index contributed by atoms with van der Waals surface area (Å²) in [6.45, 7) is 7.77. The Morgan fingerprint density at radius 3 is 2.60 bits per heavy atom. The van der Waals surface area contributed by atoms with Crippen LogP contribution in [0.1, 0.15) is 25.8 Å². The molecule has 3 aliphatic heterocycles. The summed E-state index contributed by atoms with van der Waals surface area (Å²) in [6.07, 6.45) is 2.70. The van der Waals surface area contributed by atoms with E-state index in [9.17, 15) is 19.5 Å². The third-order valence-electron chi connectivity index (χ3n) is 8.62. The predicted octanol–water partition coefficient (Wildman–Crippen LogP) is 4.36. The van der Waals surface area contributed by atoms with E-state index in [0.29, 0.717) is 23.6 Å². The standard InChI is InChI=1S/C31H35ClN2O5S/c1-4-15-33(23-14-10-9-13-22(23)32)29(37)27-31-19(3)16-24(40-31)25(30(38)39-5-2)26(31)28(36)34(27)21(18-35)17-20-11-7-6-8-12-20/h4,6-14,19,21,24-27,35H,1,5,15-18H2,2-3H3/t19?,21-,24-,25+,26+,27?,31?/m1/s1. The Morgan fingerprint density at radius 1 is 1.25 bits per heavy atom. The molecular formula is C31H35ClN2O5S. The molecule has 7 atom stereocenters. The Kier molecular flexibility index (Phi) is 8.32. The lowest BCUT2D eigenvalue weighted by Crippen LogP contribution is -2.59. The van der Waals surface area contributed by atoms with Gasteiger partial charge in [0.15, 0.2) is 0 Å². The molecule has 0 radical (unpaired) electrons. The summed E-state index contributed by atoms with van der Waals surface area (Å²) in [5.74, 6) is -2.34. The number of anilines is 1. The minimum atomic E-state index is -0.911. The number of ether oxygens (including phenoxy) is 1. The van der Waals surface area contributed by atoms with Crippen LogP contribution in [0, 0.1) is 17.8 Å². The molecule has 5 rings (SSSR count). The Morgan fingerprint density at radius 2 is 1.95 bits per heavy atom. The number of para-hydroxylation sites is 1. The molecule has 7 nitrogen and oxygen atoms in total. The largest absolute Gasteiger partial charge is 0.466 e. The van der Waals surface area contributed by atoms with Gasteiger partial charge in [-0.2, -0.15) is 0 Å². The zero-order valence-electron chi connectivity index (χ0n) is 22.7. The van der Waals surface area contributed by atoms with Crippen LogP contribution in [0.5, 0.6) is 0 Å². The van der Waals surface area contributed by atoms with Crippen molar-refractivity contribution in [1.82, 2.24) is 4.90 Å². The minimum absolute atomic E-state index is 0.0195. The summed E-state index contributed by atoms with van der Waals surface area (Å²) in [5.41, 5.74) is 1.47. The summed E-state index contributed by atoms with van der Waals surface area (Å²) in [5, 5.41) is 11.0. The van der Waals surface area contributed by atoms with Crippen molar-refractivity contribution in [2.45, 2.75) is 48.8 Å². The normalized spacial score (nSPS) is 29.2. The molecule has 3 unspecified atom stereocenters. The van der Waals surface area contributed by atoms with E-state index >= 15 is 0 Å². The molecular weight excluding hydrogens is 548 g/mol. The van der Waals surface area contributed by atoms with Crippen LogP contribution in [0.25, 0.3) is 0 Å². The molecule has 2 bridgehead atoms. The van der Waals surface area contributed by atoms with Gasteiger partial charge in [0.25, 0.3) is 5.91 Å². The van der Waals surface area contributed by atoms with Crippen LogP contribution in [0.3, 0.4) is 0 Å². The van der Waals surface area contributed by atoms with Crippen LogP contribution >= 0.6 is 23.4 Å². The number of esters is 1. The number of hydrogen-bond acceptors (Lipinski definition) is 6. The minimum Gasteiger partial charge on any atom is -0.466 e. The SMILES string of the molecule is C=CCN(C(=O)C1N([C@@H](CO)Cc2ccccc2)C(=O)[C@@H]2[C@@H](C(=O)OCC)[C@H]3CC(C)C12S3)c1ccccc1Cl. The van der Waals surface area contributed by atoms with Gasteiger partial charge in [-0.1, -0.05) is 67.1 Å². The lowest BCUT2D eigenvalue weighted by atomic mass is 9.66. The number of rotatable bonds is 10. The van der Waals surface area contributed by atoms with Gasteiger partial charge < -0.3 is 19.6 Å². The second-order valence-corrected chi connectivity index (χ2v) is 12.7. The van der Waals surface area contributed by atoms with Crippen molar-refractivity contribution in [3.8, 4) is 0 Å². The number of amides is 2. The zero-order chi connectivity index (χ0) is 28.6. The number of hydrogen-bond donors (Lipinski definition) is 1. The van der Waals surface area contributed by atoms with Crippen molar-refractivity contribution in [1.29, 1.82) is 0 Å².